The molecular formula is C6H5BF3NO3. The molecule has 0 aliphatic heterocycles. The van der Waals surface area contributed by atoms with E-state index in [0.717, 1.165) is 6.20 Å². The molecule has 0 aromatic carbocycles. The molecule has 0 aliphatic carbocycles. The average Bonchev–Trinajstić information content (AvgIpc) is 2.01. The minimum atomic E-state index is -4.78. The third-order valence-corrected chi connectivity index (χ3v) is 1.56. The van der Waals surface area contributed by atoms with Gasteiger partial charge < -0.3 is 15.0 Å². The van der Waals surface area contributed by atoms with E-state index in [0.29, 0.717) is 6.07 Å². The van der Waals surface area contributed by atoms with E-state index in [4.69, 9.17) is 10.0 Å². The second-order valence-corrected chi connectivity index (χ2v) is 2.51. The number of hydrogen-bond acceptors (Lipinski definition) is 3. The second-order valence-electron chi connectivity index (χ2n) is 2.51. The van der Waals surface area contributed by atoms with Gasteiger partial charge in [-0.1, -0.05) is 0 Å². The van der Waals surface area contributed by atoms with Gasteiger partial charge in [-0.3, -0.25) is 4.79 Å². The van der Waals surface area contributed by atoms with Gasteiger partial charge >= 0.3 is 13.3 Å². The first-order valence-corrected chi connectivity index (χ1v) is 3.49. The Labute approximate surface area is 76.2 Å². The summed E-state index contributed by atoms with van der Waals surface area (Å²) < 4.78 is 36.6. The summed E-state index contributed by atoms with van der Waals surface area (Å²) in [5.74, 6) is 0. The fourth-order valence-corrected chi connectivity index (χ4v) is 0.994. The van der Waals surface area contributed by atoms with Crippen molar-refractivity contribution in [1.29, 1.82) is 0 Å². The summed E-state index contributed by atoms with van der Waals surface area (Å²) in [5, 5.41) is 17.2. The van der Waals surface area contributed by atoms with Gasteiger partial charge in [-0.25, -0.2) is 0 Å². The maximum Gasteiger partial charge on any atom is 0.494 e. The van der Waals surface area contributed by atoms with Crippen LogP contribution in [0, 0.1) is 0 Å². The highest BCUT2D eigenvalue weighted by Gasteiger charge is 2.37. The molecule has 0 bridgehead atoms. The molecule has 0 radical (unpaired) electrons. The molecule has 0 aliphatic rings. The van der Waals surface area contributed by atoms with Crippen LogP contribution in [0.1, 0.15) is 5.56 Å². The number of nitrogens with one attached hydrogen (secondary N) is 1. The third-order valence-electron chi connectivity index (χ3n) is 1.56. The molecule has 0 saturated heterocycles. The Hall–Kier alpha value is -1.28. The van der Waals surface area contributed by atoms with Gasteiger partial charge in [-0.15, -0.1) is 0 Å². The van der Waals surface area contributed by atoms with Crippen LogP contribution in [-0.4, -0.2) is 22.2 Å². The molecule has 0 atom stereocenters. The summed E-state index contributed by atoms with van der Waals surface area (Å²) >= 11 is 0. The van der Waals surface area contributed by atoms with Crippen LogP contribution in [0.4, 0.5) is 13.2 Å². The lowest BCUT2D eigenvalue weighted by Crippen LogP contribution is -2.46. The van der Waals surface area contributed by atoms with E-state index in [-0.39, 0.29) is 0 Å². The van der Waals surface area contributed by atoms with Gasteiger partial charge in [0.15, 0.2) is 0 Å². The first-order valence-electron chi connectivity index (χ1n) is 3.49. The highest BCUT2D eigenvalue weighted by atomic mass is 19.4. The minimum Gasteiger partial charge on any atom is -0.423 e. The Bertz CT molecular complexity index is 387. The van der Waals surface area contributed by atoms with Crippen LogP contribution < -0.4 is 11.0 Å². The lowest BCUT2D eigenvalue weighted by Gasteiger charge is -2.10. The van der Waals surface area contributed by atoms with Gasteiger partial charge in [-0.05, 0) is 6.07 Å². The number of hydrogen-bond donors (Lipinski definition) is 3. The van der Waals surface area contributed by atoms with E-state index in [1.807, 2.05) is 4.98 Å². The number of rotatable bonds is 1. The third kappa shape index (κ3) is 1.96. The van der Waals surface area contributed by atoms with Crippen molar-refractivity contribution in [3.63, 3.8) is 0 Å². The van der Waals surface area contributed by atoms with Gasteiger partial charge in [0.2, 0.25) is 5.56 Å². The van der Waals surface area contributed by atoms with E-state index in [2.05, 4.69) is 0 Å². The smallest absolute Gasteiger partial charge is 0.423 e. The standard InChI is InChI=1S/C6H5BF3NO3/c8-6(9,10)3-1-2-11-5(12)4(3)7(13)14/h1-2,13-14H,(H,11,12). The topological polar surface area (TPSA) is 73.3 Å². The molecule has 8 heteroatoms. The van der Waals surface area contributed by atoms with Gasteiger partial charge in [-0.2, -0.15) is 13.2 Å². The van der Waals surface area contributed by atoms with Gasteiger partial charge in [0.05, 0.1) is 11.0 Å². The molecular weight excluding hydrogens is 202 g/mol. The highest BCUT2D eigenvalue weighted by Crippen LogP contribution is 2.26. The zero-order valence-corrected chi connectivity index (χ0v) is 6.67. The fourth-order valence-electron chi connectivity index (χ4n) is 0.994. The zero-order chi connectivity index (χ0) is 10.9. The van der Waals surface area contributed by atoms with Crippen LogP contribution >= 0.6 is 0 Å². The first-order chi connectivity index (χ1) is 6.34. The van der Waals surface area contributed by atoms with Crippen LogP contribution in [0.25, 0.3) is 0 Å². The summed E-state index contributed by atoms with van der Waals surface area (Å²) in [4.78, 5) is 12.8. The van der Waals surface area contributed by atoms with Crippen molar-refractivity contribution >= 4 is 12.6 Å². The van der Waals surface area contributed by atoms with Gasteiger partial charge in [0.25, 0.3) is 0 Å². The molecule has 1 aromatic rings. The predicted octanol–water partition coefficient (Wildman–Crippen LogP) is -0.927. The SMILES string of the molecule is O=c1[nH]ccc(C(F)(F)F)c1B(O)O. The Balaban J connectivity index is 3.44. The van der Waals surface area contributed by atoms with E-state index in [9.17, 15) is 18.0 Å². The summed E-state index contributed by atoms with van der Waals surface area (Å²) in [6, 6.07) is 0.566. The molecule has 3 N–H and O–H groups in total. The molecule has 0 amide bonds. The maximum absolute atomic E-state index is 12.2. The number of aromatic nitrogens is 1. The molecule has 1 heterocycles. The molecule has 4 nitrogen and oxygen atoms in total. The van der Waals surface area contributed by atoms with Crippen molar-refractivity contribution in [2.24, 2.45) is 0 Å². The Morgan fingerprint density at radius 2 is 1.93 bits per heavy atom. The Morgan fingerprint density at radius 3 is 2.29 bits per heavy atom. The highest BCUT2D eigenvalue weighted by molar-refractivity contribution is 6.59. The molecule has 76 valence electrons. The number of H-pyrrole nitrogens is 1. The monoisotopic (exact) mass is 207 g/mol. The van der Waals surface area contributed by atoms with Crippen molar-refractivity contribution in [3.8, 4) is 0 Å². The number of pyridine rings is 1. The van der Waals surface area contributed by atoms with Gasteiger partial charge in [0, 0.05) is 6.20 Å². The van der Waals surface area contributed by atoms with Crippen LogP contribution in [-0.2, 0) is 6.18 Å². The van der Waals surface area contributed by atoms with Crippen LogP contribution in [0.3, 0.4) is 0 Å². The molecule has 1 rings (SSSR count). The maximum atomic E-state index is 12.2. The van der Waals surface area contributed by atoms with E-state index >= 15 is 0 Å². The molecule has 1 aromatic heterocycles. The lowest BCUT2D eigenvalue weighted by atomic mass is 9.78. The summed E-state index contributed by atoms with van der Waals surface area (Å²) in [7, 11) is -2.45. The Kier molecular flexibility index (Phi) is 2.67. The quantitative estimate of drug-likeness (QED) is 0.521. The summed E-state index contributed by atoms with van der Waals surface area (Å²) in [6.07, 6.45) is -4.00. The minimum absolute atomic E-state index is 0.566. The average molecular weight is 207 g/mol. The predicted molar refractivity (Wildman–Crippen MR) is 41.9 cm³/mol. The number of aromatic amines is 1. The normalized spacial score (nSPS) is 11.5. The zero-order valence-electron chi connectivity index (χ0n) is 6.67. The molecule has 0 spiro atoms. The van der Waals surface area contributed by atoms with Crippen molar-refractivity contribution in [3.05, 3.63) is 28.2 Å². The lowest BCUT2D eigenvalue weighted by molar-refractivity contribution is -0.137. The molecule has 0 saturated carbocycles. The number of halogens is 3. The largest absolute Gasteiger partial charge is 0.494 e. The second kappa shape index (κ2) is 3.47. The molecule has 0 fully saturated rings. The van der Waals surface area contributed by atoms with E-state index in [1.54, 1.807) is 0 Å². The van der Waals surface area contributed by atoms with Crippen molar-refractivity contribution in [1.82, 2.24) is 4.98 Å². The van der Waals surface area contributed by atoms with E-state index in [1.165, 1.54) is 0 Å². The van der Waals surface area contributed by atoms with Gasteiger partial charge in [0.1, 0.15) is 0 Å². The molecule has 14 heavy (non-hydrogen) atoms. The van der Waals surface area contributed by atoms with Crippen molar-refractivity contribution < 1.29 is 23.2 Å². The van der Waals surface area contributed by atoms with E-state index < -0.39 is 29.9 Å². The first kappa shape index (κ1) is 10.8. The van der Waals surface area contributed by atoms with Crippen molar-refractivity contribution in [2.75, 3.05) is 0 Å². The number of alkyl halides is 3. The van der Waals surface area contributed by atoms with Crippen LogP contribution in [0.2, 0.25) is 0 Å². The molecule has 0 unspecified atom stereocenters. The van der Waals surface area contributed by atoms with Crippen LogP contribution in [0.15, 0.2) is 17.1 Å². The van der Waals surface area contributed by atoms with Crippen molar-refractivity contribution in [2.45, 2.75) is 6.18 Å². The summed E-state index contributed by atoms with van der Waals surface area (Å²) in [5.41, 5.74) is -3.62. The Morgan fingerprint density at radius 1 is 1.36 bits per heavy atom. The fraction of sp³-hybridized carbons (Fsp3) is 0.167. The van der Waals surface area contributed by atoms with Crippen LogP contribution in [0.5, 0.6) is 0 Å². The summed E-state index contributed by atoms with van der Waals surface area (Å²) in [6.45, 7) is 0.